The van der Waals surface area contributed by atoms with Crippen LogP contribution in [0.2, 0.25) is 0 Å². The summed E-state index contributed by atoms with van der Waals surface area (Å²) in [5.74, 6) is -0.521. The number of anilines is 2. The molecule has 0 aliphatic rings. The highest BCUT2D eigenvalue weighted by atomic mass is 32.2. The molecular formula is C19H23N3O4S. The van der Waals surface area contributed by atoms with Crippen LogP contribution in [0.1, 0.15) is 22.8 Å². The Kier molecular flexibility index (Phi) is 6.57. The van der Waals surface area contributed by atoms with Gasteiger partial charge in [-0.2, -0.15) is 0 Å². The van der Waals surface area contributed by atoms with Crippen molar-refractivity contribution in [1.29, 1.82) is 0 Å². The van der Waals surface area contributed by atoms with Crippen molar-refractivity contribution < 1.29 is 18.0 Å². The minimum absolute atomic E-state index is 0.0422. The van der Waals surface area contributed by atoms with Crippen LogP contribution >= 0.6 is 0 Å². The van der Waals surface area contributed by atoms with Crippen LogP contribution in [0, 0.1) is 6.92 Å². The number of nitrogens with one attached hydrogen (secondary N) is 3. The minimum Gasteiger partial charge on any atom is -0.376 e. The fourth-order valence-electron chi connectivity index (χ4n) is 2.40. The number of rotatable bonds is 7. The maximum atomic E-state index is 12.2. The molecule has 2 aromatic rings. The number of amides is 2. The molecule has 0 saturated heterocycles. The number of sulfone groups is 1. The zero-order valence-electron chi connectivity index (χ0n) is 15.5. The number of hydrogen-bond acceptors (Lipinski definition) is 5. The van der Waals surface area contributed by atoms with Crippen molar-refractivity contribution >= 4 is 33.0 Å². The maximum Gasteiger partial charge on any atom is 0.251 e. The van der Waals surface area contributed by atoms with Gasteiger partial charge in [0.25, 0.3) is 5.91 Å². The van der Waals surface area contributed by atoms with Crippen LogP contribution in [0.5, 0.6) is 0 Å². The van der Waals surface area contributed by atoms with Gasteiger partial charge in [-0.1, -0.05) is 12.1 Å². The van der Waals surface area contributed by atoms with Crippen molar-refractivity contribution in [2.45, 2.75) is 18.7 Å². The summed E-state index contributed by atoms with van der Waals surface area (Å²) in [5.41, 5.74) is 2.36. The summed E-state index contributed by atoms with van der Waals surface area (Å²) in [6.45, 7) is 4.13. The van der Waals surface area contributed by atoms with Crippen LogP contribution in [-0.4, -0.2) is 39.6 Å². The van der Waals surface area contributed by atoms with Gasteiger partial charge in [0, 0.05) is 29.7 Å². The van der Waals surface area contributed by atoms with Gasteiger partial charge in [0.2, 0.25) is 5.91 Å². The highest BCUT2D eigenvalue weighted by molar-refractivity contribution is 7.90. The topological polar surface area (TPSA) is 104 Å². The molecule has 7 nitrogen and oxygen atoms in total. The number of benzene rings is 2. The second kappa shape index (κ2) is 8.68. The Balaban J connectivity index is 2.03. The van der Waals surface area contributed by atoms with Gasteiger partial charge < -0.3 is 16.0 Å². The van der Waals surface area contributed by atoms with E-state index in [2.05, 4.69) is 16.0 Å². The van der Waals surface area contributed by atoms with E-state index < -0.39 is 9.84 Å². The lowest BCUT2D eigenvalue weighted by atomic mass is 10.2. The van der Waals surface area contributed by atoms with Crippen molar-refractivity contribution in [2.24, 2.45) is 0 Å². The van der Waals surface area contributed by atoms with Crippen LogP contribution in [0.3, 0.4) is 0 Å². The van der Waals surface area contributed by atoms with Gasteiger partial charge in [-0.3, -0.25) is 9.59 Å². The van der Waals surface area contributed by atoms with Crippen LogP contribution in [0.4, 0.5) is 11.4 Å². The molecule has 3 N–H and O–H groups in total. The highest BCUT2D eigenvalue weighted by Crippen LogP contribution is 2.20. The summed E-state index contributed by atoms with van der Waals surface area (Å²) >= 11 is 0. The van der Waals surface area contributed by atoms with E-state index in [9.17, 15) is 18.0 Å². The smallest absolute Gasteiger partial charge is 0.251 e. The third kappa shape index (κ3) is 5.82. The van der Waals surface area contributed by atoms with Crippen LogP contribution in [0.25, 0.3) is 0 Å². The summed E-state index contributed by atoms with van der Waals surface area (Å²) in [4.78, 5) is 24.2. The van der Waals surface area contributed by atoms with E-state index in [1.807, 2.05) is 13.8 Å². The Bertz CT molecular complexity index is 955. The molecule has 0 atom stereocenters. The molecule has 0 spiro atoms. The Morgan fingerprint density at radius 3 is 2.48 bits per heavy atom. The van der Waals surface area contributed by atoms with E-state index >= 15 is 0 Å². The van der Waals surface area contributed by atoms with Gasteiger partial charge in [-0.15, -0.1) is 0 Å². The molecule has 0 saturated carbocycles. The van der Waals surface area contributed by atoms with E-state index in [0.717, 1.165) is 11.8 Å². The molecule has 0 heterocycles. The molecule has 0 aromatic heterocycles. The Morgan fingerprint density at radius 1 is 1.07 bits per heavy atom. The predicted molar refractivity (Wildman–Crippen MR) is 106 cm³/mol. The summed E-state index contributed by atoms with van der Waals surface area (Å²) in [5, 5.41) is 8.36. The molecule has 0 aliphatic carbocycles. The number of hydrogen-bond donors (Lipinski definition) is 3. The summed E-state index contributed by atoms with van der Waals surface area (Å²) in [6.07, 6.45) is 1.13. The summed E-state index contributed by atoms with van der Waals surface area (Å²) in [7, 11) is -3.33. The van der Waals surface area contributed by atoms with E-state index in [0.29, 0.717) is 23.5 Å². The molecule has 0 radical (unpaired) electrons. The Hall–Kier alpha value is -2.87. The van der Waals surface area contributed by atoms with E-state index in [-0.39, 0.29) is 23.3 Å². The molecule has 2 rings (SSSR count). The standard InChI is InChI=1S/C19H23N3O4S/c1-4-20-19(24)14-6-5-7-15(10-14)22-18(23)12-21-17-11-16(27(3,25)26)9-8-13(17)2/h5-11,21H,4,12H2,1-3H3,(H,20,24)(H,22,23). The van der Waals surface area contributed by atoms with Gasteiger partial charge in [0.05, 0.1) is 11.4 Å². The lowest BCUT2D eigenvalue weighted by Crippen LogP contribution is -2.24. The number of aryl methyl sites for hydroxylation is 1. The van der Waals surface area contributed by atoms with Gasteiger partial charge in [-0.25, -0.2) is 8.42 Å². The molecule has 0 aliphatic heterocycles. The lowest BCUT2D eigenvalue weighted by Gasteiger charge is -2.12. The zero-order chi connectivity index (χ0) is 20.0. The van der Waals surface area contributed by atoms with Gasteiger partial charge >= 0.3 is 0 Å². The number of carbonyl (C=O) groups is 2. The lowest BCUT2D eigenvalue weighted by molar-refractivity contribution is -0.114. The van der Waals surface area contributed by atoms with Crippen molar-refractivity contribution in [3.05, 3.63) is 53.6 Å². The first-order valence-corrected chi connectivity index (χ1v) is 10.3. The third-order valence-corrected chi connectivity index (χ3v) is 4.93. The van der Waals surface area contributed by atoms with Crippen molar-refractivity contribution in [3.8, 4) is 0 Å². The molecular weight excluding hydrogens is 366 g/mol. The fraction of sp³-hybridized carbons (Fsp3) is 0.263. The Labute approximate surface area is 159 Å². The average Bonchev–Trinajstić information content (AvgIpc) is 2.60. The van der Waals surface area contributed by atoms with Gasteiger partial charge in [-0.05, 0) is 49.7 Å². The molecule has 2 aromatic carbocycles. The molecule has 0 bridgehead atoms. The minimum atomic E-state index is -3.33. The largest absolute Gasteiger partial charge is 0.376 e. The van der Waals surface area contributed by atoms with Crippen LogP contribution in [0.15, 0.2) is 47.4 Å². The van der Waals surface area contributed by atoms with Crippen LogP contribution < -0.4 is 16.0 Å². The van der Waals surface area contributed by atoms with Crippen molar-refractivity contribution in [1.82, 2.24) is 5.32 Å². The van der Waals surface area contributed by atoms with E-state index in [1.165, 1.54) is 12.1 Å². The normalized spacial score (nSPS) is 10.9. The SMILES string of the molecule is CCNC(=O)c1cccc(NC(=O)CNc2cc(S(C)(=O)=O)ccc2C)c1. The first-order valence-electron chi connectivity index (χ1n) is 8.43. The van der Waals surface area contributed by atoms with Gasteiger partial charge in [0.15, 0.2) is 9.84 Å². The zero-order valence-corrected chi connectivity index (χ0v) is 16.3. The molecule has 2 amide bonds. The predicted octanol–water partition coefficient (Wildman–Crippen LogP) is 2.20. The monoisotopic (exact) mass is 389 g/mol. The Morgan fingerprint density at radius 2 is 1.81 bits per heavy atom. The first kappa shape index (κ1) is 20.4. The highest BCUT2D eigenvalue weighted by Gasteiger charge is 2.11. The molecule has 144 valence electrons. The summed E-state index contributed by atoms with van der Waals surface area (Å²) < 4.78 is 23.3. The molecule has 8 heteroatoms. The van der Waals surface area contributed by atoms with Crippen LogP contribution in [-0.2, 0) is 14.6 Å². The molecule has 27 heavy (non-hydrogen) atoms. The van der Waals surface area contributed by atoms with Gasteiger partial charge in [0.1, 0.15) is 0 Å². The maximum absolute atomic E-state index is 12.2. The van der Waals surface area contributed by atoms with E-state index in [4.69, 9.17) is 0 Å². The average molecular weight is 389 g/mol. The third-order valence-electron chi connectivity index (χ3n) is 3.82. The fourth-order valence-corrected chi connectivity index (χ4v) is 3.05. The summed E-state index contributed by atoms with van der Waals surface area (Å²) in [6, 6.07) is 11.4. The number of carbonyl (C=O) groups excluding carboxylic acids is 2. The second-order valence-electron chi connectivity index (χ2n) is 6.09. The first-order chi connectivity index (χ1) is 12.7. The molecule has 0 fully saturated rings. The van der Waals surface area contributed by atoms with E-state index in [1.54, 1.807) is 30.3 Å². The molecule has 0 unspecified atom stereocenters. The van der Waals surface area contributed by atoms with Crippen molar-refractivity contribution in [2.75, 3.05) is 30.0 Å². The second-order valence-corrected chi connectivity index (χ2v) is 8.11. The van der Waals surface area contributed by atoms with Crippen molar-refractivity contribution in [3.63, 3.8) is 0 Å². The quantitative estimate of drug-likeness (QED) is 0.673.